The van der Waals surface area contributed by atoms with E-state index in [1.54, 1.807) is 17.5 Å². The van der Waals surface area contributed by atoms with Crippen LogP contribution >= 0.6 is 11.3 Å². The number of hydrazine groups is 1. The van der Waals surface area contributed by atoms with E-state index in [2.05, 4.69) is 23.4 Å². The summed E-state index contributed by atoms with van der Waals surface area (Å²) in [4.78, 5) is 4.97. The number of hydrogen-bond acceptors (Lipinski definition) is 4. The smallest absolute Gasteiger partial charge is 0.141 e. The maximum atomic E-state index is 13.2. The number of rotatable bonds is 4. The third-order valence-electron chi connectivity index (χ3n) is 2.65. The average molecular weight is 251 g/mol. The topological polar surface area (TPSA) is 50.9 Å². The highest BCUT2D eigenvalue weighted by molar-refractivity contribution is 7.10. The Morgan fingerprint density at radius 2 is 2.35 bits per heavy atom. The van der Waals surface area contributed by atoms with Crippen LogP contribution in [0.5, 0.6) is 0 Å². The van der Waals surface area contributed by atoms with E-state index in [4.69, 9.17) is 5.84 Å². The van der Waals surface area contributed by atoms with Gasteiger partial charge in [-0.15, -0.1) is 11.3 Å². The Morgan fingerprint density at radius 3 is 3.00 bits per heavy atom. The van der Waals surface area contributed by atoms with Crippen LogP contribution in [-0.2, 0) is 6.42 Å². The molecular weight excluding hydrogens is 237 g/mol. The first kappa shape index (κ1) is 12.2. The summed E-state index contributed by atoms with van der Waals surface area (Å²) in [5, 5.41) is 2.02. The van der Waals surface area contributed by atoms with Crippen LogP contribution in [0.3, 0.4) is 0 Å². The molecule has 0 bridgehead atoms. The normalized spacial score (nSPS) is 12.6. The summed E-state index contributed by atoms with van der Waals surface area (Å²) in [7, 11) is 0. The molecule has 0 aliphatic carbocycles. The number of nitrogens with zero attached hydrogens (tertiary/aromatic N) is 1. The monoisotopic (exact) mass is 251 g/mol. The predicted octanol–water partition coefficient (Wildman–Crippen LogP) is 2.40. The van der Waals surface area contributed by atoms with Gasteiger partial charge in [-0.25, -0.2) is 9.82 Å². The maximum Gasteiger partial charge on any atom is 0.141 e. The predicted molar refractivity (Wildman–Crippen MR) is 67.1 cm³/mol. The van der Waals surface area contributed by atoms with Gasteiger partial charge in [-0.05, 0) is 35.1 Å². The van der Waals surface area contributed by atoms with Gasteiger partial charge < -0.3 is 0 Å². The Balaban J connectivity index is 2.40. The molecule has 0 fully saturated rings. The van der Waals surface area contributed by atoms with Gasteiger partial charge >= 0.3 is 0 Å². The maximum absolute atomic E-state index is 13.2. The summed E-state index contributed by atoms with van der Waals surface area (Å²) in [6.45, 7) is 2.09. The largest absolute Gasteiger partial charge is 0.271 e. The molecule has 0 radical (unpaired) electrons. The van der Waals surface area contributed by atoms with Gasteiger partial charge in [0.2, 0.25) is 0 Å². The molecule has 2 heterocycles. The van der Waals surface area contributed by atoms with Crippen molar-refractivity contribution in [3.05, 3.63) is 51.7 Å². The van der Waals surface area contributed by atoms with Crippen molar-refractivity contribution in [1.82, 2.24) is 10.4 Å². The van der Waals surface area contributed by atoms with Crippen molar-refractivity contribution in [1.29, 1.82) is 0 Å². The molecular formula is C12H14FN3S. The molecule has 0 aromatic carbocycles. The first-order valence-electron chi connectivity index (χ1n) is 5.39. The quantitative estimate of drug-likeness (QED) is 0.648. The Morgan fingerprint density at radius 1 is 1.53 bits per heavy atom. The van der Waals surface area contributed by atoms with Gasteiger partial charge in [-0.1, -0.05) is 6.92 Å². The van der Waals surface area contributed by atoms with Gasteiger partial charge in [-0.3, -0.25) is 10.8 Å². The van der Waals surface area contributed by atoms with Crippen molar-refractivity contribution in [2.75, 3.05) is 0 Å². The standard InChI is InChI=1S/C12H14FN3S/c1-2-8-3-4-17-12(8)11(16-14)9-5-10(13)7-15-6-9/h3-7,11,16H,2,14H2,1H3. The van der Waals surface area contributed by atoms with Crippen molar-refractivity contribution in [2.45, 2.75) is 19.4 Å². The Kier molecular flexibility index (Phi) is 3.83. The summed E-state index contributed by atoms with van der Waals surface area (Å²) < 4.78 is 13.2. The van der Waals surface area contributed by atoms with Gasteiger partial charge in [0.15, 0.2) is 0 Å². The van der Waals surface area contributed by atoms with Crippen LogP contribution in [0.15, 0.2) is 29.9 Å². The third-order valence-corrected chi connectivity index (χ3v) is 3.67. The minimum Gasteiger partial charge on any atom is -0.271 e. The summed E-state index contributed by atoms with van der Waals surface area (Å²) in [6, 6.07) is 3.32. The average Bonchev–Trinajstić information content (AvgIpc) is 2.78. The van der Waals surface area contributed by atoms with E-state index in [-0.39, 0.29) is 11.9 Å². The first-order chi connectivity index (χ1) is 8.26. The molecule has 2 rings (SSSR count). The van der Waals surface area contributed by atoms with E-state index in [0.29, 0.717) is 0 Å². The Labute approximate surface area is 103 Å². The van der Waals surface area contributed by atoms with Crippen molar-refractivity contribution in [3.8, 4) is 0 Å². The van der Waals surface area contributed by atoms with Gasteiger partial charge in [0.05, 0.1) is 12.2 Å². The van der Waals surface area contributed by atoms with Crippen LogP contribution in [0.1, 0.15) is 29.0 Å². The summed E-state index contributed by atoms with van der Waals surface area (Å²) in [6.07, 6.45) is 3.75. The molecule has 17 heavy (non-hydrogen) atoms. The molecule has 2 aromatic rings. The fourth-order valence-electron chi connectivity index (χ4n) is 1.80. The van der Waals surface area contributed by atoms with Gasteiger partial charge in [-0.2, -0.15) is 0 Å². The van der Waals surface area contributed by atoms with Crippen molar-refractivity contribution in [3.63, 3.8) is 0 Å². The molecule has 0 spiro atoms. The van der Waals surface area contributed by atoms with Crippen LogP contribution in [-0.4, -0.2) is 4.98 Å². The number of nitrogens with one attached hydrogen (secondary N) is 1. The lowest BCUT2D eigenvalue weighted by molar-refractivity contribution is 0.599. The van der Waals surface area contributed by atoms with Gasteiger partial charge in [0.25, 0.3) is 0 Å². The molecule has 0 saturated heterocycles. The molecule has 0 aliphatic heterocycles. The molecule has 5 heteroatoms. The zero-order valence-corrected chi connectivity index (χ0v) is 10.3. The second-order valence-corrected chi connectivity index (χ2v) is 4.65. The molecule has 1 unspecified atom stereocenters. The van der Waals surface area contributed by atoms with E-state index < -0.39 is 0 Å². The van der Waals surface area contributed by atoms with E-state index in [9.17, 15) is 4.39 Å². The molecule has 90 valence electrons. The lowest BCUT2D eigenvalue weighted by Crippen LogP contribution is -2.29. The van der Waals surface area contributed by atoms with Crippen molar-refractivity contribution >= 4 is 11.3 Å². The van der Waals surface area contributed by atoms with Crippen LogP contribution in [0, 0.1) is 5.82 Å². The SMILES string of the molecule is CCc1ccsc1C(NN)c1cncc(F)c1. The number of aryl methyl sites for hydroxylation is 1. The van der Waals surface area contributed by atoms with Gasteiger partial charge in [0.1, 0.15) is 5.82 Å². The molecule has 2 aromatic heterocycles. The lowest BCUT2D eigenvalue weighted by Gasteiger charge is -2.16. The fraction of sp³-hybridized carbons (Fsp3) is 0.250. The zero-order valence-electron chi connectivity index (χ0n) is 9.48. The Bertz CT molecular complexity index is 498. The summed E-state index contributed by atoms with van der Waals surface area (Å²) in [5.74, 6) is 5.23. The lowest BCUT2D eigenvalue weighted by atomic mass is 10.0. The van der Waals surface area contributed by atoms with Crippen LogP contribution in [0.25, 0.3) is 0 Å². The second-order valence-electron chi connectivity index (χ2n) is 3.70. The number of nitrogens with two attached hydrogens (primary N) is 1. The highest BCUT2D eigenvalue weighted by Gasteiger charge is 2.17. The highest BCUT2D eigenvalue weighted by Crippen LogP contribution is 2.29. The minimum atomic E-state index is -0.350. The molecule has 1 atom stereocenters. The number of halogens is 1. The summed E-state index contributed by atoms with van der Waals surface area (Å²) in [5.41, 5.74) is 4.69. The van der Waals surface area contributed by atoms with Crippen molar-refractivity contribution in [2.24, 2.45) is 5.84 Å². The fourth-order valence-corrected chi connectivity index (χ4v) is 2.89. The molecule has 3 nitrogen and oxygen atoms in total. The number of thiophene rings is 1. The second kappa shape index (κ2) is 5.35. The van der Waals surface area contributed by atoms with Crippen LogP contribution < -0.4 is 11.3 Å². The van der Waals surface area contributed by atoms with E-state index in [1.807, 2.05) is 5.38 Å². The molecule has 3 N–H and O–H groups in total. The number of aromatic nitrogens is 1. The minimum absolute atomic E-state index is 0.201. The van der Waals surface area contributed by atoms with Crippen molar-refractivity contribution < 1.29 is 4.39 Å². The Hall–Kier alpha value is -1.30. The van der Waals surface area contributed by atoms with E-state index in [1.165, 1.54) is 17.8 Å². The zero-order chi connectivity index (χ0) is 12.3. The van der Waals surface area contributed by atoms with E-state index >= 15 is 0 Å². The molecule has 0 saturated carbocycles. The third kappa shape index (κ3) is 2.52. The van der Waals surface area contributed by atoms with Crippen LogP contribution in [0.4, 0.5) is 4.39 Å². The van der Waals surface area contributed by atoms with E-state index in [0.717, 1.165) is 16.9 Å². The molecule has 0 aliphatic rings. The van der Waals surface area contributed by atoms with Crippen LogP contribution in [0.2, 0.25) is 0 Å². The first-order valence-corrected chi connectivity index (χ1v) is 6.27. The number of hydrogen-bond donors (Lipinski definition) is 2. The highest BCUT2D eigenvalue weighted by atomic mass is 32.1. The molecule has 0 amide bonds. The summed E-state index contributed by atoms with van der Waals surface area (Å²) >= 11 is 1.61. The number of pyridine rings is 1. The van der Waals surface area contributed by atoms with Gasteiger partial charge in [0, 0.05) is 11.1 Å².